The maximum Gasteiger partial charge on any atom is 0.269 e. The summed E-state index contributed by atoms with van der Waals surface area (Å²) in [5.41, 5.74) is 8.84. The summed E-state index contributed by atoms with van der Waals surface area (Å²) in [6, 6.07) is 11.1. The Hall–Kier alpha value is -2.80. The van der Waals surface area contributed by atoms with Crippen molar-refractivity contribution in [2.45, 2.75) is 33.6 Å². The summed E-state index contributed by atoms with van der Waals surface area (Å²) in [5, 5.41) is 3.35. The van der Waals surface area contributed by atoms with Gasteiger partial charge in [-0.1, -0.05) is 19.4 Å². The molecule has 2 rings (SSSR count). The fourth-order valence-electron chi connectivity index (χ4n) is 2.65. The molecule has 150 valence electrons. The van der Waals surface area contributed by atoms with Gasteiger partial charge in [-0.25, -0.2) is 0 Å². The second-order valence-electron chi connectivity index (χ2n) is 6.48. The molecule has 0 spiro atoms. The van der Waals surface area contributed by atoms with Gasteiger partial charge in [-0.15, -0.1) is 0 Å². The number of carbonyl (C=O) groups excluding carboxylic acids is 1. The number of aryl methyl sites for hydroxylation is 2. The number of hydrogen-bond acceptors (Lipinski definition) is 4. The average Bonchev–Trinajstić information content (AvgIpc) is 2.65. The van der Waals surface area contributed by atoms with Gasteiger partial charge in [-0.05, 0) is 73.9 Å². The molecule has 0 bridgehead atoms. The summed E-state index contributed by atoms with van der Waals surface area (Å²) in [4.78, 5) is 12.4. The summed E-state index contributed by atoms with van der Waals surface area (Å²) < 4.78 is 11.0. The van der Waals surface area contributed by atoms with Crippen LogP contribution < -0.4 is 25.6 Å². The predicted molar refractivity (Wildman–Crippen MR) is 116 cm³/mol. The van der Waals surface area contributed by atoms with Crippen LogP contribution in [0.4, 0.5) is 5.69 Å². The van der Waals surface area contributed by atoms with Gasteiger partial charge in [0.05, 0.1) is 13.7 Å². The summed E-state index contributed by atoms with van der Waals surface area (Å²) in [5.74, 6) is 0.801. The Balaban J connectivity index is 1.93. The topological polar surface area (TPSA) is 71.6 Å². The Kier molecular flexibility index (Phi) is 8.07. The molecule has 3 N–H and O–H groups in total. The van der Waals surface area contributed by atoms with E-state index < -0.39 is 0 Å². The predicted octanol–water partition coefficient (Wildman–Crippen LogP) is 4.12. The van der Waals surface area contributed by atoms with E-state index >= 15 is 0 Å². The van der Waals surface area contributed by atoms with Gasteiger partial charge in [0.15, 0.2) is 16.6 Å². The van der Waals surface area contributed by atoms with Crippen LogP contribution in [0.5, 0.6) is 11.5 Å². The second kappa shape index (κ2) is 10.5. The van der Waals surface area contributed by atoms with E-state index in [1.807, 2.05) is 26.0 Å². The molecule has 0 aromatic heterocycles. The first kappa shape index (κ1) is 21.5. The Morgan fingerprint density at radius 2 is 1.75 bits per heavy atom. The molecule has 0 saturated heterocycles. The van der Waals surface area contributed by atoms with Gasteiger partial charge < -0.3 is 14.8 Å². The Morgan fingerprint density at radius 1 is 1.04 bits per heavy atom. The smallest absolute Gasteiger partial charge is 0.269 e. The number of benzene rings is 2. The lowest BCUT2D eigenvalue weighted by molar-refractivity contribution is 0.0943. The first-order chi connectivity index (χ1) is 13.4. The van der Waals surface area contributed by atoms with Crippen LogP contribution in [0.1, 0.15) is 41.3 Å². The van der Waals surface area contributed by atoms with Crippen LogP contribution in [0.3, 0.4) is 0 Å². The van der Waals surface area contributed by atoms with E-state index in [1.54, 1.807) is 25.3 Å². The molecule has 0 aliphatic rings. The fraction of sp³-hybridized carbons (Fsp3) is 0.333. The third-order valence-electron chi connectivity index (χ3n) is 3.95. The molecule has 2 aromatic carbocycles. The lowest BCUT2D eigenvalue weighted by Gasteiger charge is -2.14. The molecule has 1 amide bonds. The number of hydrogen-bond donors (Lipinski definition) is 3. The molecule has 0 aliphatic heterocycles. The molecule has 0 fully saturated rings. The second-order valence-corrected chi connectivity index (χ2v) is 6.89. The van der Waals surface area contributed by atoms with Crippen LogP contribution in [-0.2, 0) is 0 Å². The van der Waals surface area contributed by atoms with Gasteiger partial charge in [0.25, 0.3) is 5.91 Å². The van der Waals surface area contributed by atoms with E-state index in [2.05, 4.69) is 29.2 Å². The molecule has 0 saturated carbocycles. The van der Waals surface area contributed by atoms with Crippen LogP contribution in [-0.4, -0.2) is 24.7 Å². The number of rotatable bonds is 7. The molecule has 0 atom stereocenters. The van der Waals surface area contributed by atoms with Crippen LogP contribution in [0.25, 0.3) is 0 Å². The summed E-state index contributed by atoms with van der Waals surface area (Å²) in [6.07, 6.45) is 2.00. The van der Waals surface area contributed by atoms with Gasteiger partial charge in [0.2, 0.25) is 0 Å². The maximum absolute atomic E-state index is 12.4. The molecular weight excluding hydrogens is 374 g/mol. The number of carbonyl (C=O) groups is 1. The van der Waals surface area contributed by atoms with E-state index in [0.717, 1.165) is 29.7 Å². The third-order valence-corrected chi connectivity index (χ3v) is 4.15. The van der Waals surface area contributed by atoms with Crippen molar-refractivity contribution in [2.24, 2.45) is 0 Å². The third kappa shape index (κ3) is 6.42. The van der Waals surface area contributed by atoms with Gasteiger partial charge in [0, 0.05) is 11.3 Å². The van der Waals surface area contributed by atoms with E-state index in [-0.39, 0.29) is 5.91 Å². The van der Waals surface area contributed by atoms with Gasteiger partial charge in [-0.2, -0.15) is 0 Å². The SMILES string of the molecule is CCCCOc1ccc(C(=O)NNC(=S)Nc2cc(C)cc(C)c2)cc1OC. The van der Waals surface area contributed by atoms with Crippen LogP contribution in [0.15, 0.2) is 36.4 Å². The quantitative estimate of drug-likeness (QED) is 0.368. The van der Waals surface area contributed by atoms with E-state index in [9.17, 15) is 4.79 Å². The first-order valence-corrected chi connectivity index (χ1v) is 9.60. The van der Waals surface area contributed by atoms with Gasteiger partial charge in [0.1, 0.15) is 0 Å². The Labute approximate surface area is 171 Å². The molecular formula is C21H27N3O3S. The van der Waals surface area contributed by atoms with Crippen molar-refractivity contribution in [1.29, 1.82) is 0 Å². The minimum atomic E-state index is -0.331. The maximum atomic E-state index is 12.4. The molecule has 0 radical (unpaired) electrons. The normalized spacial score (nSPS) is 10.1. The number of ether oxygens (including phenoxy) is 2. The van der Waals surface area contributed by atoms with Crippen molar-refractivity contribution in [3.63, 3.8) is 0 Å². The van der Waals surface area contributed by atoms with Crippen molar-refractivity contribution in [1.82, 2.24) is 10.9 Å². The largest absolute Gasteiger partial charge is 0.493 e. The van der Waals surface area contributed by atoms with Gasteiger partial charge >= 0.3 is 0 Å². The zero-order valence-corrected chi connectivity index (χ0v) is 17.5. The molecule has 0 aliphatic carbocycles. The van der Waals surface area contributed by atoms with Crippen molar-refractivity contribution in [3.05, 3.63) is 53.1 Å². The van der Waals surface area contributed by atoms with Crippen LogP contribution in [0, 0.1) is 13.8 Å². The van der Waals surface area contributed by atoms with Crippen molar-refractivity contribution in [3.8, 4) is 11.5 Å². The first-order valence-electron chi connectivity index (χ1n) is 9.19. The number of thiocarbonyl (C=S) groups is 1. The highest BCUT2D eigenvalue weighted by atomic mass is 32.1. The van der Waals surface area contributed by atoms with E-state index in [4.69, 9.17) is 21.7 Å². The standard InChI is InChI=1S/C21H27N3O3S/c1-5-6-9-27-18-8-7-16(13-19(18)26-4)20(25)23-24-21(28)22-17-11-14(2)10-15(3)12-17/h7-8,10-13H,5-6,9H2,1-4H3,(H,23,25)(H2,22,24,28). The number of hydrazine groups is 1. The zero-order valence-electron chi connectivity index (χ0n) is 16.7. The van der Waals surface area contributed by atoms with Crippen molar-refractivity contribution >= 4 is 28.9 Å². The van der Waals surface area contributed by atoms with Crippen molar-refractivity contribution in [2.75, 3.05) is 19.0 Å². The average molecular weight is 402 g/mol. The highest BCUT2D eigenvalue weighted by Crippen LogP contribution is 2.28. The summed E-state index contributed by atoms with van der Waals surface area (Å²) in [6.45, 7) is 6.73. The summed E-state index contributed by atoms with van der Waals surface area (Å²) >= 11 is 5.24. The van der Waals surface area contributed by atoms with Crippen LogP contribution in [0.2, 0.25) is 0 Å². The summed E-state index contributed by atoms with van der Waals surface area (Å²) in [7, 11) is 1.55. The highest BCUT2D eigenvalue weighted by molar-refractivity contribution is 7.80. The lowest BCUT2D eigenvalue weighted by atomic mass is 10.1. The number of methoxy groups -OCH3 is 1. The number of amides is 1. The van der Waals surface area contributed by atoms with Crippen LogP contribution >= 0.6 is 12.2 Å². The molecule has 2 aromatic rings. The minimum Gasteiger partial charge on any atom is -0.493 e. The molecule has 28 heavy (non-hydrogen) atoms. The molecule has 0 unspecified atom stereocenters. The zero-order chi connectivity index (χ0) is 20.5. The number of anilines is 1. The monoisotopic (exact) mass is 401 g/mol. The van der Waals surface area contributed by atoms with Gasteiger partial charge in [-0.3, -0.25) is 15.6 Å². The molecule has 6 nitrogen and oxygen atoms in total. The van der Waals surface area contributed by atoms with E-state index in [0.29, 0.717) is 28.8 Å². The molecule has 0 heterocycles. The number of nitrogens with one attached hydrogen (secondary N) is 3. The highest BCUT2D eigenvalue weighted by Gasteiger charge is 2.11. The van der Waals surface area contributed by atoms with Crippen molar-refractivity contribution < 1.29 is 14.3 Å². The Bertz CT molecular complexity index is 819. The molecule has 7 heteroatoms. The lowest BCUT2D eigenvalue weighted by Crippen LogP contribution is -2.43. The number of unbranched alkanes of at least 4 members (excludes halogenated alkanes) is 1. The Morgan fingerprint density at radius 3 is 2.39 bits per heavy atom. The van der Waals surface area contributed by atoms with E-state index in [1.165, 1.54) is 0 Å². The fourth-order valence-corrected chi connectivity index (χ4v) is 2.82. The minimum absolute atomic E-state index is 0.296.